The van der Waals surface area contributed by atoms with Crippen LogP contribution in [0.1, 0.15) is 30.1 Å². The van der Waals surface area contributed by atoms with Crippen LogP contribution in [0.15, 0.2) is 45.3 Å². The minimum absolute atomic E-state index is 0.160. The highest BCUT2D eigenvalue weighted by Gasteiger charge is 2.19. The molecule has 0 saturated heterocycles. The molecule has 1 aromatic carbocycles. The summed E-state index contributed by atoms with van der Waals surface area (Å²) >= 11 is 1.30. The minimum Gasteiger partial charge on any atom is -0.497 e. The lowest BCUT2D eigenvalue weighted by atomic mass is 10.1. The zero-order valence-corrected chi connectivity index (χ0v) is 16.9. The van der Waals surface area contributed by atoms with Crippen molar-refractivity contribution in [1.29, 1.82) is 0 Å². The highest BCUT2D eigenvalue weighted by Crippen LogP contribution is 2.18. The van der Waals surface area contributed by atoms with Gasteiger partial charge >= 0.3 is 5.69 Å². The summed E-state index contributed by atoms with van der Waals surface area (Å²) in [6.07, 6.45) is 1.69. The average Bonchev–Trinajstić information content (AvgIpc) is 3.33. The largest absolute Gasteiger partial charge is 0.497 e. The van der Waals surface area contributed by atoms with Crippen LogP contribution in [0.25, 0.3) is 16.0 Å². The van der Waals surface area contributed by atoms with Crippen LogP contribution in [0.4, 0.5) is 0 Å². The van der Waals surface area contributed by atoms with E-state index in [1.807, 2.05) is 6.92 Å². The van der Waals surface area contributed by atoms with Gasteiger partial charge in [0.15, 0.2) is 5.78 Å². The number of aryl methyl sites for hydroxylation is 1. The van der Waals surface area contributed by atoms with Crippen molar-refractivity contribution in [1.82, 2.24) is 18.7 Å². The first-order valence-electron chi connectivity index (χ1n) is 9.32. The molecule has 150 valence electrons. The highest BCUT2D eigenvalue weighted by atomic mass is 32.1. The summed E-state index contributed by atoms with van der Waals surface area (Å²) in [5.41, 5.74) is 0.349. The fourth-order valence-corrected chi connectivity index (χ4v) is 4.10. The molecule has 0 bridgehead atoms. The van der Waals surface area contributed by atoms with Gasteiger partial charge in [-0.05, 0) is 30.0 Å². The molecule has 0 saturated carbocycles. The Labute approximate surface area is 169 Å². The average molecular weight is 412 g/mol. The number of rotatable bonds is 7. The van der Waals surface area contributed by atoms with Crippen LogP contribution in [-0.4, -0.2) is 31.6 Å². The van der Waals surface area contributed by atoms with Gasteiger partial charge < -0.3 is 4.74 Å². The van der Waals surface area contributed by atoms with Crippen LogP contribution in [0.2, 0.25) is 0 Å². The number of thiophene rings is 1. The van der Waals surface area contributed by atoms with E-state index in [1.54, 1.807) is 35.7 Å². The van der Waals surface area contributed by atoms with E-state index in [0.717, 1.165) is 17.5 Å². The zero-order chi connectivity index (χ0) is 20.5. The van der Waals surface area contributed by atoms with Crippen LogP contribution in [0.5, 0.6) is 5.75 Å². The fraction of sp³-hybridized carbons (Fsp3) is 0.300. The van der Waals surface area contributed by atoms with Crippen molar-refractivity contribution in [3.8, 4) is 5.75 Å². The van der Waals surface area contributed by atoms with Gasteiger partial charge in [0, 0.05) is 12.1 Å². The van der Waals surface area contributed by atoms with Crippen molar-refractivity contribution >= 4 is 33.1 Å². The molecule has 0 unspecified atom stereocenters. The number of carbonyl (C=O) groups excluding carboxylic acids is 1. The number of methoxy groups -OCH3 is 1. The third-order valence-corrected chi connectivity index (χ3v) is 5.70. The number of Topliss-reactive ketones (excluding diaryl/α,β-unsaturated/α-hetero) is 1. The summed E-state index contributed by atoms with van der Waals surface area (Å²) in [5.74, 6) is 0.558. The van der Waals surface area contributed by atoms with Crippen molar-refractivity contribution in [2.45, 2.75) is 32.9 Å². The second-order valence-corrected chi connectivity index (χ2v) is 7.59. The smallest absolute Gasteiger partial charge is 0.352 e. The van der Waals surface area contributed by atoms with Gasteiger partial charge in [-0.1, -0.05) is 25.5 Å². The third-order valence-electron chi connectivity index (χ3n) is 4.81. The SMILES string of the molecule is CCCCn1c(=O)c2sccc2n2c(=O)n(CC(=O)c3cccc(OC)c3)nc12. The summed E-state index contributed by atoms with van der Waals surface area (Å²) < 4.78 is 9.73. The third kappa shape index (κ3) is 3.27. The number of ketones is 1. The van der Waals surface area contributed by atoms with Crippen LogP contribution >= 0.6 is 11.3 Å². The lowest BCUT2D eigenvalue weighted by molar-refractivity contribution is 0.0966. The van der Waals surface area contributed by atoms with Crippen LogP contribution in [0.3, 0.4) is 0 Å². The van der Waals surface area contributed by atoms with Crippen molar-refractivity contribution in [3.05, 3.63) is 62.1 Å². The van der Waals surface area contributed by atoms with Crippen molar-refractivity contribution < 1.29 is 9.53 Å². The molecule has 0 aliphatic heterocycles. The summed E-state index contributed by atoms with van der Waals surface area (Å²) in [6, 6.07) is 8.48. The van der Waals surface area contributed by atoms with Crippen molar-refractivity contribution in [3.63, 3.8) is 0 Å². The van der Waals surface area contributed by atoms with E-state index >= 15 is 0 Å². The maximum atomic E-state index is 13.0. The van der Waals surface area contributed by atoms with E-state index in [-0.39, 0.29) is 23.7 Å². The molecule has 0 fully saturated rings. The molecule has 8 nitrogen and oxygen atoms in total. The number of carbonyl (C=O) groups is 1. The number of hydrogen-bond acceptors (Lipinski definition) is 6. The van der Waals surface area contributed by atoms with Crippen molar-refractivity contribution in [2.24, 2.45) is 0 Å². The van der Waals surface area contributed by atoms with E-state index in [9.17, 15) is 14.4 Å². The first kappa shape index (κ1) is 19.1. The summed E-state index contributed by atoms with van der Waals surface area (Å²) in [5, 5.41) is 6.12. The molecule has 0 radical (unpaired) electrons. The normalized spacial score (nSPS) is 11.4. The van der Waals surface area contributed by atoms with Crippen LogP contribution in [-0.2, 0) is 13.1 Å². The number of aromatic nitrogens is 4. The number of fused-ring (bicyclic) bond motifs is 3. The fourth-order valence-electron chi connectivity index (χ4n) is 3.28. The first-order valence-corrected chi connectivity index (χ1v) is 10.2. The minimum atomic E-state index is -0.440. The molecule has 0 aliphatic rings. The maximum absolute atomic E-state index is 13.0. The Hall–Kier alpha value is -3.20. The molecule has 0 spiro atoms. The van der Waals surface area contributed by atoms with Gasteiger partial charge in [0.05, 0.1) is 12.6 Å². The number of nitrogens with zero attached hydrogens (tertiary/aromatic N) is 4. The van der Waals surface area contributed by atoms with Gasteiger partial charge in [-0.25, -0.2) is 13.9 Å². The summed E-state index contributed by atoms with van der Waals surface area (Å²) in [7, 11) is 1.53. The number of unbranched alkanes of at least 4 members (excludes halogenated alkanes) is 1. The van der Waals surface area contributed by atoms with Gasteiger partial charge in [-0.3, -0.25) is 14.2 Å². The molecule has 0 amide bonds. The Balaban J connectivity index is 1.84. The molecule has 3 heterocycles. The molecule has 0 N–H and O–H groups in total. The van der Waals surface area contributed by atoms with Gasteiger partial charge in [0.2, 0.25) is 5.78 Å². The van der Waals surface area contributed by atoms with E-state index in [0.29, 0.717) is 28.1 Å². The number of hydrogen-bond donors (Lipinski definition) is 0. The number of benzene rings is 1. The molecular weight excluding hydrogens is 392 g/mol. The topological polar surface area (TPSA) is 87.6 Å². The van der Waals surface area contributed by atoms with Gasteiger partial charge in [-0.15, -0.1) is 16.4 Å². The lowest BCUT2D eigenvalue weighted by Gasteiger charge is -2.06. The molecule has 29 heavy (non-hydrogen) atoms. The molecule has 4 rings (SSSR count). The quantitative estimate of drug-likeness (QED) is 0.436. The predicted octanol–water partition coefficient (Wildman–Crippen LogP) is 2.56. The van der Waals surface area contributed by atoms with E-state index < -0.39 is 5.69 Å². The Morgan fingerprint density at radius 3 is 2.83 bits per heavy atom. The van der Waals surface area contributed by atoms with E-state index in [4.69, 9.17) is 4.74 Å². The maximum Gasteiger partial charge on any atom is 0.352 e. The number of ether oxygens (including phenoxy) is 1. The Bertz CT molecular complexity index is 1330. The summed E-state index contributed by atoms with van der Waals surface area (Å²) in [6.45, 7) is 2.28. The van der Waals surface area contributed by atoms with Gasteiger partial charge in [0.1, 0.15) is 17.0 Å². The van der Waals surface area contributed by atoms with Crippen LogP contribution < -0.4 is 16.0 Å². The highest BCUT2D eigenvalue weighted by molar-refractivity contribution is 7.17. The molecular formula is C20H20N4O4S. The Morgan fingerprint density at radius 2 is 2.07 bits per heavy atom. The lowest BCUT2D eigenvalue weighted by Crippen LogP contribution is -2.27. The first-order chi connectivity index (χ1) is 14.0. The second kappa shape index (κ2) is 7.67. The van der Waals surface area contributed by atoms with Crippen molar-refractivity contribution in [2.75, 3.05) is 7.11 Å². The predicted molar refractivity (Wildman–Crippen MR) is 111 cm³/mol. The van der Waals surface area contributed by atoms with E-state index in [1.165, 1.54) is 27.4 Å². The molecule has 0 atom stereocenters. The Morgan fingerprint density at radius 1 is 1.24 bits per heavy atom. The zero-order valence-electron chi connectivity index (χ0n) is 16.1. The summed E-state index contributed by atoms with van der Waals surface area (Å²) in [4.78, 5) is 38.6. The molecule has 9 heteroatoms. The second-order valence-electron chi connectivity index (χ2n) is 6.68. The van der Waals surface area contributed by atoms with E-state index in [2.05, 4.69) is 5.10 Å². The molecule has 0 aliphatic carbocycles. The molecule has 3 aromatic heterocycles. The van der Waals surface area contributed by atoms with Gasteiger partial charge in [0.25, 0.3) is 5.56 Å². The monoisotopic (exact) mass is 412 g/mol. The molecule has 4 aromatic rings. The van der Waals surface area contributed by atoms with Crippen LogP contribution in [0, 0.1) is 0 Å². The standard InChI is InChI=1S/C20H20N4O4S/c1-3-4-9-22-18(26)17-15(8-10-29-17)24-19(22)21-23(20(24)27)12-16(25)13-6-5-7-14(11-13)28-2/h5-8,10-11H,3-4,9,12H2,1-2H3. The Kier molecular flexibility index (Phi) is 5.06. The van der Waals surface area contributed by atoms with Gasteiger partial charge in [-0.2, -0.15) is 0 Å².